The first-order chi connectivity index (χ1) is 8.31. The molecule has 0 aromatic rings. The quantitative estimate of drug-likeness (QED) is 0.765. The van der Waals surface area contributed by atoms with Gasteiger partial charge in [0.15, 0.2) is 0 Å². The molecule has 0 amide bonds. The van der Waals surface area contributed by atoms with Gasteiger partial charge in [0, 0.05) is 12.1 Å². The molecule has 1 N–H and O–H groups in total. The summed E-state index contributed by atoms with van der Waals surface area (Å²) in [6.07, 6.45) is 10.2. The van der Waals surface area contributed by atoms with Gasteiger partial charge in [-0.15, -0.1) is 0 Å². The van der Waals surface area contributed by atoms with Crippen molar-refractivity contribution in [1.82, 2.24) is 10.2 Å². The Bertz CT molecular complexity index is 211. The van der Waals surface area contributed by atoms with E-state index >= 15 is 0 Å². The molecule has 1 aliphatic heterocycles. The van der Waals surface area contributed by atoms with E-state index in [1.54, 1.807) is 0 Å². The largest absolute Gasteiger partial charge is 0.314 e. The van der Waals surface area contributed by atoms with Crippen LogP contribution in [0.1, 0.15) is 58.8 Å². The molecule has 1 heterocycles. The van der Waals surface area contributed by atoms with Crippen LogP contribution in [-0.4, -0.2) is 36.6 Å². The maximum absolute atomic E-state index is 3.53. The predicted octanol–water partition coefficient (Wildman–Crippen LogP) is 3.03. The van der Waals surface area contributed by atoms with Crippen LogP contribution in [0, 0.1) is 5.92 Å². The fraction of sp³-hybridized carbons (Fsp3) is 1.00. The predicted molar refractivity (Wildman–Crippen MR) is 74.3 cm³/mol. The molecule has 2 heteroatoms. The van der Waals surface area contributed by atoms with E-state index in [0.29, 0.717) is 6.04 Å². The van der Waals surface area contributed by atoms with E-state index in [4.69, 9.17) is 0 Å². The molecule has 0 radical (unpaired) electrons. The van der Waals surface area contributed by atoms with Gasteiger partial charge >= 0.3 is 0 Å². The Hall–Kier alpha value is -0.0800. The van der Waals surface area contributed by atoms with Crippen LogP contribution in [0.4, 0.5) is 0 Å². The average molecular weight is 238 g/mol. The first-order valence-electron chi connectivity index (χ1n) is 7.78. The summed E-state index contributed by atoms with van der Waals surface area (Å²) in [6, 6.07) is 1.62. The molecule has 17 heavy (non-hydrogen) atoms. The van der Waals surface area contributed by atoms with Crippen molar-refractivity contribution in [3.63, 3.8) is 0 Å². The van der Waals surface area contributed by atoms with Gasteiger partial charge in [0.2, 0.25) is 0 Å². The Kier molecular flexibility index (Phi) is 5.30. The summed E-state index contributed by atoms with van der Waals surface area (Å²) in [5.41, 5.74) is 0. The summed E-state index contributed by atoms with van der Waals surface area (Å²) in [7, 11) is 0. The zero-order chi connectivity index (χ0) is 12.1. The molecular formula is C15H30N2. The lowest BCUT2D eigenvalue weighted by Gasteiger charge is -2.30. The van der Waals surface area contributed by atoms with E-state index < -0.39 is 0 Å². The summed E-state index contributed by atoms with van der Waals surface area (Å²) in [4.78, 5) is 2.80. The molecule has 2 rings (SSSR count). The van der Waals surface area contributed by atoms with Gasteiger partial charge in [-0.1, -0.05) is 19.8 Å². The molecule has 2 unspecified atom stereocenters. The summed E-state index contributed by atoms with van der Waals surface area (Å²) < 4.78 is 0. The lowest BCUT2D eigenvalue weighted by molar-refractivity contribution is 0.183. The number of nitrogens with one attached hydrogen (secondary N) is 1. The maximum Gasteiger partial charge on any atom is 0.0124 e. The molecule has 0 aromatic heterocycles. The van der Waals surface area contributed by atoms with Gasteiger partial charge in [-0.3, -0.25) is 0 Å². The van der Waals surface area contributed by atoms with Gasteiger partial charge in [-0.25, -0.2) is 0 Å². The van der Waals surface area contributed by atoms with Gasteiger partial charge in [-0.05, 0) is 64.6 Å². The van der Waals surface area contributed by atoms with Crippen molar-refractivity contribution in [2.45, 2.75) is 70.9 Å². The highest BCUT2D eigenvalue weighted by Gasteiger charge is 2.32. The number of hydrogen-bond acceptors (Lipinski definition) is 2. The van der Waals surface area contributed by atoms with Gasteiger partial charge < -0.3 is 10.2 Å². The van der Waals surface area contributed by atoms with Crippen LogP contribution in [0.3, 0.4) is 0 Å². The second kappa shape index (κ2) is 6.75. The van der Waals surface area contributed by atoms with E-state index in [2.05, 4.69) is 24.1 Å². The average Bonchev–Trinajstić information content (AvgIpc) is 2.97. The second-order valence-electron chi connectivity index (χ2n) is 6.04. The second-order valence-corrected chi connectivity index (χ2v) is 6.04. The normalized spacial score (nSPS) is 28.9. The molecular weight excluding hydrogens is 208 g/mol. The molecule has 0 spiro atoms. The highest BCUT2D eigenvalue weighted by molar-refractivity contribution is 4.87. The van der Waals surface area contributed by atoms with Crippen molar-refractivity contribution >= 4 is 0 Å². The smallest absolute Gasteiger partial charge is 0.0124 e. The van der Waals surface area contributed by atoms with Gasteiger partial charge in [-0.2, -0.15) is 0 Å². The summed E-state index contributed by atoms with van der Waals surface area (Å²) >= 11 is 0. The van der Waals surface area contributed by atoms with Crippen LogP contribution in [0.15, 0.2) is 0 Å². The Morgan fingerprint density at radius 2 is 1.94 bits per heavy atom. The van der Waals surface area contributed by atoms with Gasteiger partial charge in [0.05, 0.1) is 0 Å². The molecule has 0 aromatic carbocycles. The third-order valence-corrected chi connectivity index (χ3v) is 4.76. The summed E-state index contributed by atoms with van der Waals surface area (Å²) in [6.45, 7) is 8.31. The first-order valence-corrected chi connectivity index (χ1v) is 7.78. The molecule has 0 bridgehead atoms. The summed E-state index contributed by atoms with van der Waals surface area (Å²) in [5.74, 6) is 1.03. The SMILES string of the molecule is CCNC(C)CCN1CCCC1C1CCCC1. The molecule has 1 saturated heterocycles. The molecule has 100 valence electrons. The van der Waals surface area contributed by atoms with Crippen molar-refractivity contribution in [3.8, 4) is 0 Å². The number of rotatable bonds is 6. The van der Waals surface area contributed by atoms with Crippen molar-refractivity contribution in [3.05, 3.63) is 0 Å². The fourth-order valence-electron chi connectivity index (χ4n) is 3.82. The van der Waals surface area contributed by atoms with Crippen LogP contribution in [0.2, 0.25) is 0 Å². The minimum atomic E-state index is 0.685. The van der Waals surface area contributed by atoms with E-state index in [-0.39, 0.29) is 0 Å². The lowest BCUT2D eigenvalue weighted by atomic mass is 9.96. The monoisotopic (exact) mass is 238 g/mol. The minimum Gasteiger partial charge on any atom is -0.314 e. The highest BCUT2D eigenvalue weighted by Crippen LogP contribution is 2.35. The first kappa shape index (κ1) is 13.4. The van der Waals surface area contributed by atoms with Crippen LogP contribution in [0.5, 0.6) is 0 Å². The standard InChI is InChI=1S/C15H30N2/c1-3-16-13(2)10-12-17-11-6-9-15(17)14-7-4-5-8-14/h13-16H,3-12H2,1-2H3. The number of hydrogen-bond donors (Lipinski definition) is 1. The lowest BCUT2D eigenvalue weighted by Crippen LogP contribution is -2.38. The molecule has 1 aliphatic carbocycles. The van der Waals surface area contributed by atoms with Crippen molar-refractivity contribution in [1.29, 1.82) is 0 Å². The Labute approximate surface area is 107 Å². The maximum atomic E-state index is 3.53. The third-order valence-electron chi connectivity index (χ3n) is 4.76. The third kappa shape index (κ3) is 3.69. The zero-order valence-corrected chi connectivity index (χ0v) is 11.8. The van der Waals surface area contributed by atoms with Crippen LogP contribution < -0.4 is 5.32 Å². The number of nitrogens with zero attached hydrogens (tertiary/aromatic N) is 1. The summed E-state index contributed by atoms with van der Waals surface area (Å²) in [5, 5.41) is 3.53. The highest BCUT2D eigenvalue weighted by atomic mass is 15.2. The van der Waals surface area contributed by atoms with E-state index in [1.165, 1.54) is 58.0 Å². The van der Waals surface area contributed by atoms with E-state index in [1.807, 2.05) is 0 Å². The van der Waals surface area contributed by atoms with Crippen molar-refractivity contribution in [2.75, 3.05) is 19.6 Å². The number of likely N-dealkylation sites (tertiary alicyclic amines) is 1. The molecule has 2 aliphatic rings. The minimum absolute atomic E-state index is 0.685. The topological polar surface area (TPSA) is 15.3 Å². The van der Waals surface area contributed by atoms with Gasteiger partial charge in [0.1, 0.15) is 0 Å². The molecule has 2 atom stereocenters. The Balaban J connectivity index is 1.74. The Morgan fingerprint density at radius 1 is 1.18 bits per heavy atom. The molecule has 2 nitrogen and oxygen atoms in total. The van der Waals surface area contributed by atoms with Crippen LogP contribution in [0.25, 0.3) is 0 Å². The Morgan fingerprint density at radius 3 is 2.65 bits per heavy atom. The molecule has 2 fully saturated rings. The zero-order valence-electron chi connectivity index (χ0n) is 11.8. The van der Waals surface area contributed by atoms with Gasteiger partial charge in [0.25, 0.3) is 0 Å². The van der Waals surface area contributed by atoms with E-state index in [0.717, 1.165) is 18.5 Å². The molecule has 1 saturated carbocycles. The van der Waals surface area contributed by atoms with Crippen LogP contribution >= 0.6 is 0 Å². The van der Waals surface area contributed by atoms with Crippen molar-refractivity contribution < 1.29 is 0 Å². The fourth-order valence-corrected chi connectivity index (χ4v) is 3.82. The van der Waals surface area contributed by atoms with E-state index in [9.17, 15) is 0 Å². The van der Waals surface area contributed by atoms with Crippen LogP contribution in [-0.2, 0) is 0 Å². The van der Waals surface area contributed by atoms with Crippen molar-refractivity contribution in [2.24, 2.45) is 5.92 Å².